The van der Waals surface area contributed by atoms with Crippen molar-refractivity contribution in [3.8, 4) is 0 Å². The molecule has 86 valence electrons. The third-order valence-electron chi connectivity index (χ3n) is 2.55. The molecule has 4 nitrogen and oxygen atoms in total. The number of hydrogen-bond donors (Lipinski definition) is 2. The minimum atomic E-state index is -0.353. The maximum atomic E-state index is 13.5. The third kappa shape index (κ3) is 2.14. The number of piperazine rings is 1. The van der Waals surface area contributed by atoms with Crippen molar-refractivity contribution in [2.24, 2.45) is 0 Å². The second-order valence-electron chi connectivity index (χ2n) is 3.78. The van der Waals surface area contributed by atoms with E-state index in [1.165, 1.54) is 6.07 Å². The Kier molecular flexibility index (Phi) is 3.05. The normalized spacial score (nSPS) is 20.8. The molecule has 1 heterocycles. The third-order valence-corrected chi connectivity index (χ3v) is 2.55. The Morgan fingerprint density at radius 1 is 1.50 bits per heavy atom. The molecule has 1 aliphatic rings. The predicted molar refractivity (Wildman–Crippen MR) is 57.6 cm³/mol. The fourth-order valence-electron chi connectivity index (χ4n) is 1.82. The lowest BCUT2D eigenvalue weighted by molar-refractivity contribution is -0.121. The second kappa shape index (κ2) is 4.49. The monoisotopic (exact) mass is 224 g/mol. The van der Waals surface area contributed by atoms with Crippen molar-refractivity contribution in [3.05, 3.63) is 30.1 Å². The summed E-state index contributed by atoms with van der Waals surface area (Å²) in [5.74, 6) is -0.553. The first-order chi connectivity index (χ1) is 7.70. The van der Waals surface area contributed by atoms with Gasteiger partial charge in [0.1, 0.15) is 5.82 Å². The molecule has 1 aromatic carbocycles. The van der Waals surface area contributed by atoms with Crippen LogP contribution in [0.1, 0.15) is 0 Å². The number of para-hydroxylation sites is 1. The highest BCUT2D eigenvalue weighted by atomic mass is 19.1. The van der Waals surface area contributed by atoms with E-state index in [1.54, 1.807) is 23.1 Å². The molecule has 0 saturated carbocycles. The molecule has 2 N–H and O–H groups in total. The van der Waals surface area contributed by atoms with E-state index in [2.05, 4.69) is 5.32 Å². The molecule has 0 aromatic heterocycles. The number of carbonyl (C=O) groups is 1. The minimum Gasteiger partial charge on any atom is -0.394 e. The average Bonchev–Trinajstić information content (AvgIpc) is 2.28. The van der Waals surface area contributed by atoms with Crippen LogP contribution >= 0.6 is 0 Å². The van der Waals surface area contributed by atoms with Crippen molar-refractivity contribution in [1.29, 1.82) is 0 Å². The number of amides is 1. The van der Waals surface area contributed by atoms with Crippen LogP contribution in [-0.4, -0.2) is 36.8 Å². The molecule has 16 heavy (non-hydrogen) atoms. The molecule has 2 rings (SSSR count). The fraction of sp³-hybridized carbons (Fsp3) is 0.364. The van der Waals surface area contributed by atoms with Crippen LogP contribution in [0.3, 0.4) is 0 Å². The van der Waals surface area contributed by atoms with Gasteiger partial charge in [-0.05, 0) is 12.1 Å². The van der Waals surface area contributed by atoms with E-state index < -0.39 is 0 Å². The Morgan fingerprint density at radius 2 is 2.25 bits per heavy atom. The molecular formula is C11H13FN2O2. The lowest BCUT2D eigenvalue weighted by Gasteiger charge is -2.33. The van der Waals surface area contributed by atoms with Crippen LogP contribution in [0.15, 0.2) is 24.3 Å². The van der Waals surface area contributed by atoms with E-state index in [-0.39, 0.29) is 30.9 Å². The molecule has 5 heteroatoms. The van der Waals surface area contributed by atoms with Crippen molar-refractivity contribution in [2.75, 3.05) is 24.6 Å². The zero-order valence-electron chi connectivity index (χ0n) is 8.69. The second-order valence-corrected chi connectivity index (χ2v) is 3.78. The maximum Gasteiger partial charge on any atom is 0.239 e. The molecule has 1 saturated heterocycles. The van der Waals surface area contributed by atoms with Crippen molar-refractivity contribution >= 4 is 11.6 Å². The van der Waals surface area contributed by atoms with Gasteiger partial charge in [-0.2, -0.15) is 0 Å². The van der Waals surface area contributed by atoms with Crippen LogP contribution in [0.2, 0.25) is 0 Å². The van der Waals surface area contributed by atoms with Crippen LogP contribution in [0.4, 0.5) is 10.1 Å². The smallest absolute Gasteiger partial charge is 0.239 e. The molecule has 1 fully saturated rings. The van der Waals surface area contributed by atoms with Gasteiger partial charge in [-0.15, -0.1) is 0 Å². The summed E-state index contributed by atoms with van der Waals surface area (Å²) in [4.78, 5) is 13.0. The molecule has 0 aliphatic carbocycles. The Morgan fingerprint density at radius 3 is 2.94 bits per heavy atom. The fourth-order valence-corrected chi connectivity index (χ4v) is 1.82. The number of aliphatic hydroxyl groups excluding tert-OH is 1. The van der Waals surface area contributed by atoms with Gasteiger partial charge in [0.15, 0.2) is 0 Å². The van der Waals surface area contributed by atoms with Gasteiger partial charge in [0.05, 0.1) is 24.9 Å². The summed E-state index contributed by atoms with van der Waals surface area (Å²) in [5.41, 5.74) is 0.399. The van der Waals surface area contributed by atoms with Gasteiger partial charge >= 0.3 is 0 Å². The Labute approximate surface area is 92.7 Å². The topological polar surface area (TPSA) is 52.6 Å². The zero-order chi connectivity index (χ0) is 11.5. The van der Waals surface area contributed by atoms with Crippen molar-refractivity contribution in [2.45, 2.75) is 6.04 Å². The summed E-state index contributed by atoms with van der Waals surface area (Å²) < 4.78 is 13.5. The van der Waals surface area contributed by atoms with Crippen LogP contribution in [0, 0.1) is 5.82 Å². The number of hydrogen-bond acceptors (Lipinski definition) is 3. The number of halogens is 1. The van der Waals surface area contributed by atoms with E-state index >= 15 is 0 Å². The summed E-state index contributed by atoms with van der Waals surface area (Å²) in [6, 6.07) is 5.98. The number of rotatable bonds is 2. The summed E-state index contributed by atoms with van der Waals surface area (Å²) in [6.07, 6.45) is 0. The van der Waals surface area contributed by atoms with Crippen molar-refractivity contribution in [3.63, 3.8) is 0 Å². The first-order valence-electron chi connectivity index (χ1n) is 5.10. The summed E-state index contributed by atoms with van der Waals surface area (Å²) in [7, 11) is 0. The van der Waals surface area contributed by atoms with E-state index in [0.717, 1.165) is 0 Å². The van der Waals surface area contributed by atoms with E-state index in [4.69, 9.17) is 5.11 Å². The number of aliphatic hydroxyl groups is 1. The number of anilines is 1. The number of carbonyl (C=O) groups excluding carboxylic acids is 1. The van der Waals surface area contributed by atoms with Crippen LogP contribution in [-0.2, 0) is 4.79 Å². The molecule has 1 aliphatic heterocycles. The predicted octanol–water partition coefficient (Wildman–Crippen LogP) is 0.123. The van der Waals surface area contributed by atoms with E-state index in [9.17, 15) is 9.18 Å². The van der Waals surface area contributed by atoms with Crippen LogP contribution in [0.5, 0.6) is 0 Å². The van der Waals surface area contributed by atoms with Gasteiger partial charge in [0.25, 0.3) is 0 Å². The molecule has 1 unspecified atom stereocenters. The Bertz CT molecular complexity index is 397. The SMILES string of the molecule is O=C1CN(c2ccccc2F)CC(CO)N1. The van der Waals surface area contributed by atoms with Crippen LogP contribution in [0.25, 0.3) is 0 Å². The first-order valence-corrected chi connectivity index (χ1v) is 5.10. The van der Waals surface area contributed by atoms with Crippen LogP contribution < -0.4 is 10.2 Å². The molecule has 0 bridgehead atoms. The van der Waals surface area contributed by atoms with Crippen molar-refractivity contribution in [1.82, 2.24) is 5.32 Å². The minimum absolute atomic E-state index is 0.122. The largest absolute Gasteiger partial charge is 0.394 e. The first kappa shape index (κ1) is 10.9. The Hall–Kier alpha value is -1.62. The molecule has 0 spiro atoms. The average molecular weight is 224 g/mol. The standard InChI is InChI=1S/C11H13FN2O2/c12-9-3-1-2-4-10(9)14-5-8(7-15)13-11(16)6-14/h1-4,8,15H,5-7H2,(H,13,16). The van der Waals surface area contributed by atoms with Gasteiger partial charge in [-0.25, -0.2) is 4.39 Å². The summed E-state index contributed by atoms with van der Waals surface area (Å²) in [6.45, 7) is 0.400. The lowest BCUT2D eigenvalue weighted by Crippen LogP contribution is -2.55. The van der Waals surface area contributed by atoms with Gasteiger partial charge in [0.2, 0.25) is 5.91 Å². The summed E-state index contributed by atoms with van der Waals surface area (Å²) in [5, 5.41) is 11.6. The molecule has 1 atom stereocenters. The molecule has 1 aromatic rings. The highest BCUT2D eigenvalue weighted by Crippen LogP contribution is 2.19. The van der Waals surface area contributed by atoms with Crippen molar-refractivity contribution < 1.29 is 14.3 Å². The molecule has 1 amide bonds. The van der Waals surface area contributed by atoms with Gasteiger partial charge < -0.3 is 15.3 Å². The molecule has 0 radical (unpaired) electrons. The van der Waals surface area contributed by atoms with Gasteiger partial charge in [0, 0.05) is 6.54 Å². The zero-order valence-corrected chi connectivity index (χ0v) is 8.69. The van der Waals surface area contributed by atoms with Gasteiger partial charge in [-0.1, -0.05) is 12.1 Å². The van der Waals surface area contributed by atoms with Gasteiger partial charge in [-0.3, -0.25) is 4.79 Å². The summed E-state index contributed by atoms with van der Waals surface area (Å²) >= 11 is 0. The maximum absolute atomic E-state index is 13.5. The quantitative estimate of drug-likeness (QED) is 0.750. The number of nitrogens with one attached hydrogen (secondary N) is 1. The molecular weight excluding hydrogens is 211 g/mol. The highest BCUT2D eigenvalue weighted by Gasteiger charge is 2.25. The number of nitrogens with zero attached hydrogens (tertiary/aromatic N) is 1. The lowest BCUT2D eigenvalue weighted by atomic mass is 10.2. The van der Waals surface area contributed by atoms with E-state index in [0.29, 0.717) is 12.2 Å². The number of benzene rings is 1. The highest BCUT2D eigenvalue weighted by molar-refractivity contribution is 5.83. The Balaban J connectivity index is 2.21. The van der Waals surface area contributed by atoms with E-state index in [1.807, 2.05) is 0 Å².